The molecule has 4 aromatic rings. The summed E-state index contributed by atoms with van der Waals surface area (Å²) in [5.41, 5.74) is 4.92. The van der Waals surface area contributed by atoms with Gasteiger partial charge in [-0.2, -0.15) is 17.6 Å². The lowest BCUT2D eigenvalue weighted by Crippen LogP contribution is -2.17. The molecule has 0 amide bonds. The van der Waals surface area contributed by atoms with Crippen LogP contribution in [0, 0.1) is 24.5 Å². The minimum absolute atomic E-state index is 0.309. The van der Waals surface area contributed by atoms with E-state index in [-0.39, 0.29) is 0 Å². The van der Waals surface area contributed by atoms with Gasteiger partial charge in [-0.3, -0.25) is 0 Å². The number of halogens is 1. The van der Waals surface area contributed by atoms with E-state index in [2.05, 4.69) is 27.7 Å². The van der Waals surface area contributed by atoms with Gasteiger partial charge in [0, 0.05) is 5.39 Å². The first-order valence-corrected chi connectivity index (χ1v) is 11.9. The van der Waals surface area contributed by atoms with Crippen molar-refractivity contribution in [3.05, 3.63) is 75.0 Å². The molecule has 0 radical (unpaired) electrons. The third-order valence-electron chi connectivity index (χ3n) is 5.12. The zero-order valence-corrected chi connectivity index (χ0v) is 20.1. The van der Waals surface area contributed by atoms with Crippen molar-refractivity contribution in [1.82, 2.24) is 9.19 Å². The number of hydrogen-bond acceptors (Lipinski definition) is 4. The zero-order chi connectivity index (χ0) is 21.6. The fraction of sp³-hybridized carbons (Fsp3) is 0.174. The molecule has 30 heavy (non-hydrogen) atoms. The third kappa shape index (κ3) is 3.50. The second-order valence-electron chi connectivity index (χ2n) is 7.33. The Hall–Kier alpha value is -2.39. The Morgan fingerprint density at radius 1 is 0.900 bits per heavy atom. The number of hydrogen-bond donors (Lipinski definition) is 0. The van der Waals surface area contributed by atoms with E-state index in [1.807, 2.05) is 75.4 Å². The highest BCUT2D eigenvalue weighted by molar-refractivity contribution is 14.1. The highest BCUT2D eigenvalue weighted by atomic mass is 127. The van der Waals surface area contributed by atoms with Crippen molar-refractivity contribution in [2.24, 2.45) is 0 Å². The second kappa shape index (κ2) is 7.70. The van der Waals surface area contributed by atoms with Crippen molar-refractivity contribution in [3.8, 4) is 16.9 Å². The summed E-state index contributed by atoms with van der Waals surface area (Å²) < 4.78 is 34.3. The van der Waals surface area contributed by atoms with Gasteiger partial charge in [-0.25, -0.2) is 0 Å². The van der Waals surface area contributed by atoms with E-state index in [1.54, 1.807) is 7.11 Å². The van der Waals surface area contributed by atoms with Crippen molar-refractivity contribution >= 4 is 43.5 Å². The molecule has 0 spiro atoms. The first-order chi connectivity index (χ1) is 14.2. The normalized spacial score (nSPS) is 11.8. The average molecular weight is 532 g/mol. The van der Waals surface area contributed by atoms with Crippen molar-refractivity contribution in [1.29, 1.82) is 0 Å². The fourth-order valence-electron chi connectivity index (χ4n) is 3.86. The largest absolute Gasteiger partial charge is 0.497 e. The van der Waals surface area contributed by atoms with E-state index in [0.29, 0.717) is 14.1 Å². The SMILES string of the molecule is COc1ccc(-c2ccc3c(I)nn(S(=O)(=O)c4c(C)cc(C)cc4C)c3c2)cc1. The predicted molar refractivity (Wildman–Crippen MR) is 128 cm³/mol. The maximum Gasteiger partial charge on any atom is 0.284 e. The van der Waals surface area contributed by atoms with Crippen LogP contribution in [0.1, 0.15) is 16.7 Å². The Morgan fingerprint density at radius 2 is 1.50 bits per heavy atom. The molecule has 5 nitrogen and oxygen atoms in total. The van der Waals surface area contributed by atoms with Crippen LogP contribution in [-0.2, 0) is 10.0 Å². The molecule has 0 bridgehead atoms. The lowest BCUT2D eigenvalue weighted by molar-refractivity contribution is 0.415. The van der Waals surface area contributed by atoms with Crippen molar-refractivity contribution < 1.29 is 13.2 Å². The van der Waals surface area contributed by atoms with Crippen LogP contribution in [-0.4, -0.2) is 24.7 Å². The summed E-state index contributed by atoms with van der Waals surface area (Å²) in [5, 5.41) is 5.20. The van der Waals surface area contributed by atoms with Gasteiger partial charge < -0.3 is 4.74 Å². The topological polar surface area (TPSA) is 61.2 Å². The van der Waals surface area contributed by atoms with Crippen molar-refractivity contribution in [2.45, 2.75) is 25.7 Å². The summed E-state index contributed by atoms with van der Waals surface area (Å²) in [4.78, 5) is 0.309. The van der Waals surface area contributed by atoms with Gasteiger partial charge in [0.1, 0.15) is 9.45 Å². The molecule has 4 rings (SSSR count). The van der Waals surface area contributed by atoms with Crippen LogP contribution in [0.3, 0.4) is 0 Å². The highest BCUT2D eigenvalue weighted by Gasteiger charge is 2.26. The summed E-state index contributed by atoms with van der Waals surface area (Å²) >= 11 is 2.08. The van der Waals surface area contributed by atoms with Gasteiger partial charge in [-0.1, -0.05) is 35.9 Å². The number of aromatic nitrogens is 2. The lowest BCUT2D eigenvalue weighted by atomic mass is 10.0. The summed E-state index contributed by atoms with van der Waals surface area (Å²) in [5.74, 6) is 0.771. The lowest BCUT2D eigenvalue weighted by Gasteiger charge is -2.13. The molecule has 3 aromatic carbocycles. The Kier molecular flexibility index (Phi) is 5.36. The van der Waals surface area contributed by atoms with E-state index in [0.717, 1.165) is 39.0 Å². The molecular formula is C23H21IN2O3S. The number of ether oxygens (including phenoxy) is 1. The molecule has 0 N–H and O–H groups in total. The summed E-state index contributed by atoms with van der Waals surface area (Å²) in [6.45, 7) is 5.61. The third-order valence-corrected chi connectivity index (χ3v) is 7.81. The van der Waals surface area contributed by atoms with Gasteiger partial charge in [0.05, 0.1) is 17.5 Å². The van der Waals surface area contributed by atoms with E-state index in [1.165, 1.54) is 4.09 Å². The molecule has 0 saturated carbocycles. The molecule has 154 valence electrons. The van der Waals surface area contributed by atoms with E-state index >= 15 is 0 Å². The second-order valence-corrected chi connectivity index (χ2v) is 10.1. The minimum atomic E-state index is -3.85. The van der Waals surface area contributed by atoms with Crippen LogP contribution in [0.2, 0.25) is 0 Å². The van der Waals surface area contributed by atoms with Gasteiger partial charge in [-0.05, 0) is 89.9 Å². The van der Waals surface area contributed by atoms with Crippen LogP contribution >= 0.6 is 22.6 Å². The van der Waals surface area contributed by atoms with Gasteiger partial charge in [0.2, 0.25) is 0 Å². The molecule has 0 saturated heterocycles. The number of aryl methyl sites for hydroxylation is 3. The molecule has 0 aliphatic heterocycles. The smallest absolute Gasteiger partial charge is 0.284 e. The molecule has 1 heterocycles. The number of fused-ring (bicyclic) bond motifs is 1. The number of nitrogens with zero attached hydrogens (tertiary/aromatic N) is 2. The molecule has 0 unspecified atom stereocenters. The number of methoxy groups -OCH3 is 1. The molecule has 0 aliphatic rings. The fourth-order valence-corrected chi connectivity index (χ4v) is 6.38. The molecule has 0 atom stereocenters. The highest BCUT2D eigenvalue weighted by Crippen LogP contribution is 2.32. The number of rotatable bonds is 4. The van der Waals surface area contributed by atoms with Crippen LogP contribution in [0.15, 0.2) is 59.5 Å². The maximum atomic E-state index is 13.6. The van der Waals surface area contributed by atoms with Gasteiger partial charge in [-0.15, -0.1) is 0 Å². The Balaban J connectivity index is 1.93. The molecule has 0 fully saturated rings. The summed E-state index contributed by atoms with van der Waals surface area (Å²) in [6, 6.07) is 17.2. The van der Waals surface area contributed by atoms with Crippen LogP contribution in [0.5, 0.6) is 5.75 Å². The summed E-state index contributed by atoms with van der Waals surface area (Å²) in [6.07, 6.45) is 0. The van der Waals surface area contributed by atoms with Gasteiger partial charge in [0.15, 0.2) is 0 Å². The molecular weight excluding hydrogens is 511 g/mol. The Bertz CT molecular complexity index is 1350. The van der Waals surface area contributed by atoms with Gasteiger partial charge >= 0.3 is 0 Å². The molecule has 0 aliphatic carbocycles. The monoisotopic (exact) mass is 532 g/mol. The minimum Gasteiger partial charge on any atom is -0.497 e. The Labute approximate surface area is 189 Å². The first kappa shape index (κ1) is 20.9. The van der Waals surface area contributed by atoms with E-state index < -0.39 is 10.0 Å². The quantitative estimate of drug-likeness (QED) is 0.327. The maximum absolute atomic E-state index is 13.6. The summed E-state index contributed by atoms with van der Waals surface area (Å²) in [7, 11) is -2.23. The van der Waals surface area contributed by atoms with E-state index in [9.17, 15) is 8.42 Å². The zero-order valence-electron chi connectivity index (χ0n) is 17.1. The predicted octanol–water partition coefficient (Wildman–Crippen LogP) is 5.48. The van der Waals surface area contributed by atoms with Crippen LogP contribution < -0.4 is 4.74 Å². The average Bonchev–Trinajstić information content (AvgIpc) is 3.04. The van der Waals surface area contributed by atoms with Crippen LogP contribution in [0.4, 0.5) is 0 Å². The van der Waals surface area contributed by atoms with Crippen LogP contribution in [0.25, 0.3) is 22.0 Å². The Morgan fingerprint density at radius 3 is 2.10 bits per heavy atom. The van der Waals surface area contributed by atoms with Gasteiger partial charge in [0.25, 0.3) is 10.0 Å². The van der Waals surface area contributed by atoms with Crippen molar-refractivity contribution in [3.63, 3.8) is 0 Å². The van der Waals surface area contributed by atoms with E-state index in [4.69, 9.17) is 4.74 Å². The molecule has 1 aromatic heterocycles. The first-order valence-electron chi connectivity index (χ1n) is 9.38. The standard InChI is InChI=1S/C23H21IN2O3S/c1-14-11-15(2)22(16(3)12-14)30(27,28)26-21-13-18(7-10-20(21)23(24)25-26)17-5-8-19(29-4)9-6-17/h5-13H,1-4H3. The molecule has 7 heteroatoms. The van der Waals surface area contributed by atoms with Crippen molar-refractivity contribution in [2.75, 3.05) is 7.11 Å². The number of benzene rings is 3.